The van der Waals surface area contributed by atoms with Crippen molar-refractivity contribution in [3.63, 3.8) is 0 Å². The van der Waals surface area contributed by atoms with Gasteiger partial charge in [-0.15, -0.1) is 0 Å². The van der Waals surface area contributed by atoms with Gasteiger partial charge in [0.15, 0.2) is 0 Å². The summed E-state index contributed by atoms with van der Waals surface area (Å²) in [6.45, 7) is 4.30. The Morgan fingerprint density at radius 1 is 1.40 bits per heavy atom. The molecule has 4 nitrogen and oxygen atoms in total. The van der Waals surface area contributed by atoms with E-state index in [0.29, 0.717) is 6.54 Å². The van der Waals surface area contributed by atoms with Gasteiger partial charge in [0.1, 0.15) is 0 Å². The van der Waals surface area contributed by atoms with Crippen LogP contribution in [0.1, 0.15) is 17.5 Å². The third kappa shape index (κ3) is 3.16. The van der Waals surface area contributed by atoms with Crippen LogP contribution in [0.15, 0.2) is 12.1 Å². The van der Waals surface area contributed by atoms with Crippen molar-refractivity contribution in [2.24, 2.45) is 0 Å². The molecule has 0 aromatic heterocycles. The van der Waals surface area contributed by atoms with Gasteiger partial charge in [-0.3, -0.25) is 4.79 Å². The average Bonchev–Trinajstić information content (AvgIpc) is 2.13. The number of rotatable bonds is 4. The summed E-state index contributed by atoms with van der Waals surface area (Å²) in [4.78, 5) is 10.3. The summed E-state index contributed by atoms with van der Waals surface area (Å²) < 4.78 is 0. The number of benzene rings is 1. The number of aliphatic carboxylic acids is 1. The van der Waals surface area contributed by atoms with Gasteiger partial charge < -0.3 is 16.2 Å². The van der Waals surface area contributed by atoms with Crippen molar-refractivity contribution in [3.8, 4) is 0 Å². The number of nitrogens with two attached hydrogens (primary N) is 1. The zero-order chi connectivity index (χ0) is 11.4. The van der Waals surface area contributed by atoms with Crippen molar-refractivity contribution >= 4 is 17.3 Å². The van der Waals surface area contributed by atoms with Crippen molar-refractivity contribution < 1.29 is 9.90 Å². The Hall–Kier alpha value is -1.71. The van der Waals surface area contributed by atoms with E-state index in [-0.39, 0.29) is 6.42 Å². The molecule has 4 heteroatoms. The number of carboxylic acid groups (broad SMARTS) is 1. The molecule has 1 aromatic rings. The molecule has 0 atom stereocenters. The summed E-state index contributed by atoms with van der Waals surface area (Å²) in [6, 6.07) is 3.82. The Bertz CT molecular complexity index is 375. The maximum Gasteiger partial charge on any atom is 0.305 e. The number of hydrogen-bond acceptors (Lipinski definition) is 3. The first kappa shape index (κ1) is 11.4. The highest BCUT2D eigenvalue weighted by molar-refractivity contribution is 5.68. The first-order valence-electron chi connectivity index (χ1n) is 4.83. The molecule has 0 saturated heterocycles. The van der Waals surface area contributed by atoms with Crippen molar-refractivity contribution in [3.05, 3.63) is 23.3 Å². The first-order chi connectivity index (χ1) is 7.00. The molecule has 0 fully saturated rings. The Balaban J connectivity index is 2.69. The number of hydrogen-bond donors (Lipinski definition) is 3. The number of nitrogen functional groups attached to an aromatic ring is 1. The number of carbonyl (C=O) groups is 1. The molecule has 0 heterocycles. The van der Waals surface area contributed by atoms with Crippen LogP contribution < -0.4 is 11.1 Å². The molecule has 0 aliphatic carbocycles. The van der Waals surface area contributed by atoms with Gasteiger partial charge in [-0.1, -0.05) is 0 Å². The molecule has 0 unspecified atom stereocenters. The Labute approximate surface area is 89.1 Å². The summed E-state index contributed by atoms with van der Waals surface area (Å²) in [6.07, 6.45) is 0.114. The van der Waals surface area contributed by atoms with Crippen LogP contribution in [0.5, 0.6) is 0 Å². The minimum Gasteiger partial charge on any atom is -0.481 e. The van der Waals surface area contributed by atoms with Gasteiger partial charge in [0.05, 0.1) is 6.42 Å². The topological polar surface area (TPSA) is 75.3 Å². The predicted octanol–water partition coefficient (Wildman–Crippen LogP) is 1.77. The summed E-state index contributed by atoms with van der Waals surface area (Å²) in [5.74, 6) is -0.799. The second-order valence-electron chi connectivity index (χ2n) is 3.59. The van der Waals surface area contributed by atoms with Crippen LogP contribution in [-0.4, -0.2) is 17.6 Å². The number of aryl methyl sites for hydroxylation is 2. The molecule has 0 saturated carbocycles. The lowest BCUT2D eigenvalue weighted by atomic mass is 10.1. The van der Waals surface area contributed by atoms with Gasteiger partial charge in [-0.05, 0) is 37.1 Å². The highest BCUT2D eigenvalue weighted by atomic mass is 16.4. The van der Waals surface area contributed by atoms with Crippen LogP contribution in [0.25, 0.3) is 0 Å². The molecular weight excluding hydrogens is 192 g/mol. The second-order valence-corrected chi connectivity index (χ2v) is 3.59. The highest BCUT2D eigenvalue weighted by Crippen LogP contribution is 2.21. The van der Waals surface area contributed by atoms with Gasteiger partial charge in [-0.25, -0.2) is 0 Å². The third-order valence-corrected chi connectivity index (χ3v) is 2.27. The van der Waals surface area contributed by atoms with Crippen LogP contribution in [0.2, 0.25) is 0 Å². The van der Waals surface area contributed by atoms with Crippen LogP contribution in [0.3, 0.4) is 0 Å². The zero-order valence-electron chi connectivity index (χ0n) is 9.00. The van der Waals surface area contributed by atoms with Crippen LogP contribution in [0, 0.1) is 13.8 Å². The Morgan fingerprint density at radius 2 is 2.07 bits per heavy atom. The van der Waals surface area contributed by atoms with Gasteiger partial charge in [-0.2, -0.15) is 0 Å². The smallest absolute Gasteiger partial charge is 0.305 e. The molecule has 0 aliphatic rings. The normalized spacial score (nSPS) is 10.0. The zero-order valence-corrected chi connectivity index (χ0v) is 9.00. The molecule has 4 N–H and O–H groups in total. The molecule has 0 amide bonds. The average molecular weight is 208 g/mol. The van der Waals surface area contributed by atoms with Gasteiger partial charge in [0.25, 0.3) is 0 Å². The predicted molar refractivity (Wildman–Crippen MR) is 61.1 cm³/mol. The number of anilines is 2. The second kappa shape index (κ2) is 4.68. The van der Waals surface area contributed by atoms with Crippen molar-refractivity contribution in [2.75, 3.05) is 17.6 Å². The first-order valence-corrected chi connectivity index (χ1v) is 4.83. The molecule has 82 valence electrons. The van der Waals surface area contributed by atoms with Crippen LogP contribution in [-0.2, 0) is 4.79 Å². The fourth-order valence-corrected chi connectivity index (χ4v) is 1.33. The maximum absolute atomic E-state index is 10.3. The summed E-state index contributed by atoms with van der Waals surface area (Å²) in [5.41, 5.74) is 9.48. The van der Waals surface area contributed by atoms with E-state index in [9.17, 15) is 4.79 Å². The molecule has 1 aromatic carbocycles. The third-order valence-electron chi connectivity index (χ3n) is 2.27. The Kier molecular flexibility index (Phi) is 3.55. The Morgan fingerprint density at radius 3 is 2.67 bits per heavy atom. The quantitative estimate of drug-likeness (QED) is 0.659. The summed E-state index contributed by atoms with van der Waals surface area (Å²) in [7, 11) is 0. The van der Waals surface area contributed by atoms with Crippen molar-refractivity contribution in [1.82, 2.24) is 0 Å². The molecule has 0 aliphatic heterocycles. The van der Waals surface area contributed by atoms with Crippen LogP contribution >= 0.6 is 0 Å². The number of carboxylic acids is 1. The molecule has 15 heavy (non-hydrogen) atoms. The molecule has 0 bridgehead atoms. The standard InChI is InChI=1S/C11H16N2O2/c1-7-6-10(8(2)5-9(7)12)13-4-3-11(14)15/h5-6,13H,3-4,12H2,1-2H3,(H,14,15). The van der Waals surface area contributed by atoms with Crippen LogP contribution in [0.4, 0.5) is 11.4 Å². The fraction of sp³-hybridized carbons (Fsp3) is 0.364. The maximum atomic E-state index is 10.3. The van der Waals surface area contributed by atoms with Crippen molar-refractivity contribution in [2.45, 2.75) is 20.3 Å². The largest absolute Gasteiger partial charge is 0.481 e. The lowest BCUT2D eigenvalue weighted by molar-refractivity contribution is -0.136. The van der Waals surface area contributed by atoms with E-state index in [2.05, 4.69) is 5.32 Å². The van der Waals surface area contributed by atoms with E-state index in [4.69, 9.17) is 10.8 Å². The summed E-state index contributed by atoms with van der Waals surface area (Å²) in [5, 5.41) is 11.6. The van der Waals surface area contributed by atoms with Crippen molar-refractivity contribution in [1.29, 1.82) is 0 Å². The van der Waals surface area contributed by atoms with Gasteiger partial charge in [0.2, 0.25) is 0 Å². The van der Waals surface area contributed by atoms with E-state index < -0.39 is 5.97 Å². The number of nitrogens with one attached hydrogen (secondary N) is 1. The highest BCUT2D eigenvalue weighted by Gasteiger charge is 2.02. The monoisotopic (exact) mass is 208 g/mol. The SMILES string of the molecule is Cc1cc(NCCC(=O)O)c(C)cc1N. The lowest BCUT2D eigenvalue weighted by Gasteiger charge is -2.11. The van der Waals surface area contributed by atoms with Gasteiger partial charge >= 0.3 is 5.97 Å². The summed E-state index contributed by atoms with van der Waals surface area (Å²) >= 11 is 0. The minimum absolute atomic E-state index is 0.114. The van der Waals surface area contributed by atoms with E-state index in [1.807, 2.05) is 26.0 Å². The molecule has 0 spiro atoms. The minimum atomic E-state index is -0.799. The van der Waals surface area contributed by atoms with Gasteiger partial charge in [0, 0.05) is 17.9 Å². The van der Waals surface area contributed by atoms with E-state index in [1.165, 1.54) is 0 Å². The van der Waals surface area contributed by atoms with E-state index in [0.717, 1.165) is 22.5 Å². The molecule has 1 rings (SSSR count). The van der Waals surface area contributed by atoms with E-state index in [1.54, 1.807) is 0 Å². The molecule has 0 radical (unpaired) electrons. The molecular formula is C11H16N2O2. The fourth-order valence-electron chi connectivity index (χ4n) is 1.33. The lowest BCUT2D eigenvalue weighted by Crippen LogP contribution is -2.08. The van der Waals surface area contributed by atoms with E-state index >= 15 is 0 Å².